The number of nitrogens with zero attached hydrogens (tertiary/aromatic N) is 2. The van der Waals surface area contributed by atoms with Crippen LogP contribution < -0.4 is 5.32 Å². The molecule has 3 heterocycles. The van der Waals surface area contributed by atoms with Crippen LogP contribution in [0.2, 0.25) is 0 Å². The molecule has 0 unspecified atom stereocenters. The molecule has 5 rings (SSSR count). The summed E-state index contributed by atoms with van der Waals surface area (Å²) in [6, 6.07) is 19.6. The highest BCUT2D eigenvalue weighted by Crippen LogP contribution is 2.35. The summed E-state index contributed by atoms with van der Waals surface area (Å²) >= 11 is 6.26. The van der Waals surface area contributed by atoms with Crippen molar-refractivity contribution in [3.8, 4) is 0 Å². The lowest BCUT2D eigenvalue weighted by Gasteiger charge is -2.02. The van der Waals surface area contributed by atoms with Crippen molar-refractivity contribution in [3.05, 3.63) is 87.6 Å². The van der Waals surface area contributed by atoms with Gasteiger partial charge in [-0.25, -0.2) is 4.99 Å². The first-order chi connectivity index (χ1) is 15.5. The smallest absolute Gasteiger partial charge is 0.264 e. The lowest BCUT2D eigenvalue weighted by atomic mass is 10.2. The number of amidine groups is 1. The molecule has 4 aromatic rings. The van der Waals surface area contributed by atoms with Crippen LogP contribution in [0.4, 0.5) is 5.69 Å². The Bertz CT molecular complexity index is 1410. The van der Waals surface area contributed by atoms with Gasteiger partial charge in [0.05, 0.1) is 16.1 Å². The maximum absolute atomic E-state index is 12.4. The average molecular weight is 522 g/mol. The van der Waals surface area contributed by atoms with E-state index in [0.717, 1.165) is 36.6 Å². The van der Waals surface area contributed by atoms with Crippen LogP contribution in [0.5, 0.6) is 0 Å². The van der Waals surface area contributed by atoms with Gasteiger partial charge in [0.1, 0.15) is 5.76 Å². The number of aliphatic imine (C=N–C) groups is 1. The van der Waals surface area contributed by atoms with Crippen LogP contribution in [0.3, 0.4) is 0 Å². The van der Waals surface area contributed by atoms with Gasteiger partial charge in [0.2, 0.25) is 0 Å². The minimum Gasteiger partial charge on any atom is -0.450 e. The van der Waals surface area contributed by atoms with Gasteiger partial charge in [-0.1, -0.05) is 34.1 Å². The molecule has 0 atom stereocenters. The molecule has 1 amide bonds. The summed E-state index contributed by atoms with van der Waals surface area (Å²) in [7, 11) is 0. The Balaban J connectivity index is 1.35. The SMILES string of the molecule is Cc1cc(Br)ccc1N=C1NC(=O)/C(=C/c2ccc(Sc3cccc4cccnc34)o2)S1. The van der Waals surface area contributed by atoms with Crippen LogP contribution in [0.15, 0.2) is 95.6 Å². The number of carbonyl (C=O) groups excluding carboxylic acids is 1. The van der Waals surface area contributed by atoms with Gasteiger partial charge in [0, 0.05) is 27.0 Å². The van der Waals surface area contributed by atoms with E-state index in [2.05, 4.69) is 31.2 Å². The molecule has 32 heavy (non-hydrogen) atoms. The number of para-hydroxylation sites is 1. The van der Waals surface area contributed by atoms with Crippen molar-refractivity contribution in [2.75, 3.05) is 0 Å². The predicted molar refractivity (Wildman–Crippen MR) is 134 cm³/mol. The number of nitrogens with one attached hydrogen (secondary N) is 1. The number of thioether (sulfide) groups is 1. The molecular weight excluding hydrogens is 506 g/mol. The van der Waals surface area contributed by atoms with E-state index in [1.807, 2.05) is 67.6 Å². The molecule has 0 saturated carbocycles. The van der Waals surface area contributed by atoms with E-state index in [1.54, 1.807) is 12.3 Å². The second-order valence-electron chi connectivity index (χ2n) is 7.00. The second kappa shape index (κ2) is 8.97. The van der Waals surface area contributed by atoms with E-state index < -0.39 is 0 Å². The fourth-order valence-electron chi connectivity index (χ4n) is 3.20. The van der Waals surface area contributed by atoms with Gasteiger partial charge in [-0.05, 0) is 78.5 Å². The first-order valence-corrected chi connectivity index (χ1v) is 12.1. The molecular formula is C24H16BrN3O2S2. The highest BCUT2D eigenvalue weighted by atomic mass is 79.9. The Morgan fingerprint density at radius 1 is 1.16 bits per heavy atom. The number of benzene rings is 2. The van der Waals surface area contributed by atoms with Crippen molar-refractivity contribution in [2.45, 2.75) is 16.9 Å². The van der Waals surface area contributed by atoms with Crippen LogP contribution in [-0.2, 0) is 4.79 Å². The number of aryl methyl sites for hydroxylation is 1. The molecule has 0 bridgehead atoms. The Morgan fingerprint density at radius 3 is 2.91 bits per heavy atom. The number of aromatic nitrogens is 1. The number of hydrogen-bond acceptors (Lipinski definition) is 6. The van der Waals surface area contributed by atoms with Crippen LogP contribution in [0, 0.1) is 6.92 Å². The van der Waals surface area contributed by atoms with E-state index in [9.17, 15) is 4.79 Å². The lowest BCUT2D eigenvalue weighted by Crippen LogP contribution is -2.19. The summed E-state index contributed by atoms with van der Waals surface area (Å²) < 4.78 is 6.95. The van der Waals surface area contributed by atoms with E-state index in [0.29, 0.717) is 15.8 Å². The monoisotopic (exact) mass is 521 g/mol. The first-order valence-electron chi connectivity index (χ1n) is 9.72. The maximum Gasteiger partial charge on any atom is 0.264 e. The third-order valence-corrected chi connectivity index (χ3v) is 7.09. The summed E-state index contributed by atoms with van der Waals surface area (Å²) in [5, 5.41) is 5.19. The number of hydrogen-bond donors (Lipinski definition) is 1. The number of fused-ring (bicyclic) bond motifs is 1. The largest absolute Gasteiger partial charge is 0.450 e. The van der Waals surface area contributed by atoms with Crippen molar-refractivity contribution < 1.29 is 9.21 Å². The van der Waals surface area contributed by atoms with Crippen LogP contribution >= 0.6 is 39.5 Å². The summed E-state index contributed by atoms with van der Waals surface area (Å²) in [5.74, 6) is 0.423. The Labute approximate surface area is 201 Å². The number of carbonyl (C=O) groups is 1. The Morgan fingerprint density at radius 2 is 2.03 bits per heavy atom. The standard InChI is InChI=1S/C24H16BrN3O2S2/c1-14-12-16(25)7-9-18(14)27-24-28-23(29)20(32-24)13-17-8-10-21(30-17)31-19-6-2-4-15-5-3-11-26-22(15)19/h2-13H,1H3,(H,27,28,29)/b20-13-. The van der Waals surface area contributed by atoms with Crippen molar-refractivity contribution in [1.29, 1.82) is 0 Å². The molecule has 8 heteroatoms. The van der Waals surface area contributed by atoms with Crippen molar-refractivity contribution in [3.63, 3.8) is 0 Å². The summed E-state index contributed by atoms with van der Waals surface area (Å²) in [4.78, 5) is 23.0. The average Bonchev–Trinajstić information content (AvgIpc) is 3.36. The zero-order valence-electron chi connectivity index (χ0n) is 16.8. The molecule has 158 valence electrons. The third kappa shape index (κ3) is 4.53. The minimum absolute atomic E-state index is 0.188. The van der Waals surface area contributed by atoms with Gasteiger partial charge < -0.3 is 9.73 Å². The van der Waals surface area contributed by atoms with Gasteiger partial charge >= 0.3 is 0 Å². The normalized spacial score (nSPS) is 16.2. The topological polar surface area (TPSA) is 67.5 Å². The highest BCUT2D eigenvalue weighted by molar-refractivity contribution is 9.10. The molecule has 1 saturated heterocycles. The second-order valence-corrected chi connectivity index (χ2v) is 10.00. The Hall–Kier alpha value is -2.81. The highest BCUT2D eigenvalue weighted by Gasteiger charge is 2.24. The Kier molecular flexibility index (Phi) is 5.91. The fourth-order valence-corrected chi connectivity index (χ4v) is 5.39. The van der Waals surface area contributed by atoms with Gasteiger partial charge in [-0.2, -0.15) is 0 Å². The summed E-state index contributed by atoms with van der Waals surface area (Å²) in [6.45, 7) is 1.98. The van der Waals surface area contributed by atoms with Gasteiger partial charge in [-0.15, -0.1) is 0 Å². The summed E-state index contributed by atoms with van der Waals surface area (Å²) in [5.41, 5.74) is 2.78. The van der Waals surface area contributed by atoms with Crippen LogP contribution in [-0.4, -0.2) is 16.1 Å². The lowest BCUT2D eigenvalue weighted by molar-refractivity contribution is -0.115. The number of pyridine rings is 1. The molecule has 1 aliphatic heterocycles. The van der Waals surface area contributed by atoms with E-state index in [1.165, 1.54) is 23.5 Å². The van der Waals surface area contributed by atoms with E-state index >= 15 is 0 Å². The van der Waals surface area contributed by atoms with Crippen LogP contribution in [0.1, 0.15) is 11.3 Å². The first kappa shape index (κ1) is 21.1. The van der Waals surface area contributed by atoms with Crippen LogP contribution in [0.25, 0.3) is 17.0 Å². The van der Waals surface area contributed by atoms with Crippen molar-refractivity contribution in [2.24, 2.45) is 4.99 Å². The predicted octanol–water partition coefficient (Wildman–Crippen LogP) is 6.94. The molecule has 0 aliphatic carbocycles. The zero-order valence-corrected chi connectivity index (χ0v) is 20.1. The minimum atomic E-state index is -0.188. The molecule has 1 aliphatic rings. The molecule has 5 nitrogen and oxygen atoms in total. The molecule has 1 N–H and O–H groups in total. The molecule has 0 radical (unpaired) electrons. The van der Waals surface area contributed by atoms with Crippen molar-refractivity contribution >= 4 is 73.2 Å². The fraction of sp³-hybridized carbons (Fsp3) is 0.0417. The van der Waals surface area contributed by atoms with E-state index in [4.69, 9.17) is 4.42 Å². The summed E-state index contributed by atoms with van der Waals surface area (Å²) in [6.07, 6.45) is 3.53. The maximum atomic E-state index is 12.4. The molecule has 2 aromatic carbocycles. The van der Waals surface area contributed by atoms with Gasteiger partial charge in [-0.3, -0.25) is 9.78 Å². The molecule has 1 fully saturated rings. The molecule has 0 spiro atoms. The van der Waals surface area contributed by atoms with Crippen molar-refractivity contribution in [1.82, 2.24) is 10.3 Å². The van der Waals surface area contributed by atoms with Gasteiger partial charge in [0.15, 0.2) is 10.3 Å². The third-order valence-electron chi connectivity index (χ3n) is 4.71. The van der Waals surface area contributed by atoms with Gasteiger partial charge in [0.25, 0.3) is 5.91 Å². The number of rotatable bonds is 4. The molecule has 2 aromatic heterocycles. The zero-order chi connectivity index (χ0) is 22.1. The number of halogens is 1. The number of furan rings is 1. The van der Waals surface area contributed by atoms with E-state index in [-0.39, 0.29) is 5.91 Å². The number of amides is 1. The quantitative estimate of drug-likeness (QED) is 0.294.